The molecule has 0 saturated heterocycles. The van der Waals surface area contributed by atoms with Crippen LogP contribution in [0.1, 0.15) is 18.9 Å². The normalized spacial score (nSPS) is 10.2. The molecular formula is C11H14BrFO. The van der Waals surface area contributed by atoms with Gasteiger partial charge in [-0.05, 0) is 37.5 Å². The Morgan fingerprint density at radius 2 is 2.14 bits per heavy atom. The first-order valence-corrected chi connectivity index (χ1v) is 5.86. The third kappa shape index (κ3) is 3.66. The SMILES string of the molecule is CCOc1cc(F)cc(CCCBr)c1. The molecule has 0 aliphatic carbocycles. The smallest absolute Gasteiger partial charge is 0.127 e. The van der Waals surface area contributed by atoms with Crippen LogP contribution in [0.5, 0.6) is 5.75 Å². The Morgan fingerprint density at radius 3 is 2.79 bits per heavy atom. The van der Waals surface area contributed by atoms with Crippen molar-refractivity contribution in [1.82, 2.24) is 0 Å². The molecule has 0 aliphatic heterocycles. The van der Waals surface area contributed by atoms with Crippen molar-refractivity contribution in [2.75, 3.05) is 11.9 Å². The zero-order valence-corrected chi connectivity index (χ0v) is 9.81. The molecule has 1 aromatic carbocycles. The number of halogens is 2. The minimum atomic E-state index is -0.222. The van der Waals surface area contributed by atoms with Crippen molar-refractivity contribution in [1.29, 1.82) is 0 Å². The molecule has 1 aromatic rings. The monoisotopic (exact) mass is 260 g/mol. The number of hydrogen-bond acceptors (Lipinski definition) is 1. The van der Waals surface area contributed by atoms with Crippen LogP contribution in [-0.4, -0.2) is 11.9 Å². The highest BCUT2D eigenvalue weighted by atomic mass is 79.9. The Kier molecular flexibility index (Phi) is 4.94. The van der Waals surface area contributed by atoms with Gasteiger partial charge in [0.25, 0.3) is 0 Å². The zero-order valence-electron chi connectivity index (χ0n) is 8.22. The third-order valence-corrected chi connectivity index (χ3v) is 2.40. The molecule has 0 unspecified atom stereocenters. The average Bonchev–Trinajstić information content (AvgIpc) is 2.14. The van der Waals surface area contributed by atoms with Crippen LogP contribution in [0.25, 0.3) is 0 Å². The topological polar surface area (TPSA) is 9.23 Å². The van der Waals surface area contributed by atoms with Gasteiger partial charge in [-0.2, -0.15) is 0 Å². The lowest BCUT2D eigenvalue weighted by Crippen LogP contribution is -1.95. The largest absolute Gasteiger partial charge is 0.494 e. The van der Waals surface area contributed by atoms with Gasteiger partial charge in [-0.1, -0.05) is 15.9 Å². The lowest BCUT2D eigenvalue weighted by atomic mass is 10.1. The Bertz CT molecular complexity index is 289. The van der Waals surface area contributed by atoms with E-state index < -0.39 is 0 Å². The number of aryl methyl sites for hydroxylation is 1. The van der Waals surface area contributed by atoms with E-state index in [-0.39, 0.29) is 5.82 Å². The predicted octanol–water partition coefficient (Wildman–Crippen LogP) is 3.55. The number of rotatable bonds is 5. The molecule has 0 atom stereocenters. The minimum absolute atomic E-state index is 0.222. The number of hydrogen-bond donors (Lipinski definition) is 0. The Balaban J connectivity index is 2.73. The third-order valence-electron chi connectivity index (χ3n) is 1.84. The molecule has 0 heterocycles. The van der Waals surface area contributed by atoms with Crippen molar-refractivity contribution in [3.05, 3.63) is 29.6 Å². The fourth-order valence-corrected chi connectivity index (χ4v) is 1.57. The Morgan fingerprint density at radius 1 is 1.36 bits per heavy atom. The summed E-state index contributed by atoms with van der Waals surface area (Å²) in [4.78, 5) is 0. The molecule has 0 N–H and O–H groups in total. The first-order chi connectivity index (χ1) is 6.76. The average molecular weight is 261 g/mol. The highest BCUT2D eigenvalue weighted by Gasteiger charge is 2.01. The van der Waals surface area contributed by atoms with E-state index in [4.69, 9.17) is 4.74 Å². The molecule has 0 aromatic heterocycles. The molecule has 0 radical (unpaired) electrons. The van der Waals surface area contributed by atoms with Gasteiger partial charge in [0.1, 0.15) is 11.6 Å². The van der Waals surface area contributed by atoms with Crippen molar-refractivity contribution in [2.45, 2.75) is 19.8 Å². The molecule has 14 heavy (non-hydrogen) atoms. The summed E-state index contributed by atoms with van der Waals surface area (Å²) in [6, 6.07) is 4.88. The highest BCUT2D eigenvalue weighted by molar-refractivity contribution is 9.09. The van der Waals surface area contributed by atoms with Gasteiger partial charge in [0, 0.05) is 11.4 Å². The molecular weight excluding hydrogens is 247 g/mol. The minimum Gasteiger partial charge on any atom is -0.494 e. The Labute approximate surface area is 92.4 Å². The van der Waals surface area contributed by atoms with Gasteiger partial charge in [0.15, 0.2) is 0 Å². The van der Waals surface area contributed by atoms with Crippen LogP contribution in [0, 0.1) is 5.82 Å². The van der Waals surface area contributed by atoms with E-state index >= 15 is 0 Å². The standard InChI is InChI=1S/C11H14BrFO/c1-2-14-11-7-9(4-3-5-12)6-10(13)8-11/h6-8H,2-5H2,1H3. The Hall–Kier alpha value is -0.570. The summed E-state index contributed by atoms with van der Waals surface area (Å²) in [6.45, 7) is 2.46. The maximum Gasteiger partial charge on any atom is 0.127 e. The molecule has 1 nitrogen and oxygen atoms in total. The molecule has 0 amide bonds. The summed E-state index contributed by atoms with van der Waals surface area (Å²) in [5.74, 6) is 0.401. The maximum atomic E-state index is 13.1. The van der Waals surface area contributed by atoms with Crippen molar-refractivity contribution < 1.29 is 9.13 Å². The van der Waals surface area contributed by atoms with E-state index in [1.54, 1.807) is 6.07 Å². The highest BCUT2D eigenvalue weighted by Crippen LogP contribution is 2.17. The lowest BCUT2D eigenvalue weighted by molar-refractivity contribution is 0.338. The van der Waals surface area contributed by atoms with E-state index in [1.165, 1.54) is 6.07 Å². The van der Waals surface area contributed by atoms with Crippen LogP contribution in [0.2, 0.25) is 0 Å². The van der Waals surface area contributed by atoms with Gasteiger partial charge in [-0.25, -0.2) is 4.39 Å². The summed E-state index contributed by atoms with van der Waals surface area (Å²) in [6.07, 6.45) is 1.89. The summed E-state index contributed by atoms with van der Waals surface area (Å²) in [5, 5.41) is 0.938. The van der Waals surface area contributed by atoms with Crippen molar-refractivity contribution in [3.8, 4) is 5.75 Å². The van der Waals surface area contributed by atoms with E-state index in [2.05, 4.69) is 15.9 Å². The summed E-state index contributed by atoms with van der Waals surface area (Å²) in [5.41, 5.74) is 0.993. The first-order valence-electron chi connectivity index (χ1n) is 4.74. The molecule has 0 spiro atoms. The van der Waals surface area contributed by atoms with Gasteiger partial charge >= 0.3 is 0 Å². The van der Waals surface area contributed by atoms with Crippen molar-refractivity contribution in [3.63, 3.8) is 0 Å². The van der Waals surface area contributed by atoms with E-state index in [0.717, 1.165) is 23.7 Å². The van der Waals surface area contributed by atoms with Crippen LogP contribution in [0.3, 0.4) is 0 Å². The van der Waals surface area contributed by atoms with Crippen LogP contribution in [-0.2, 0) is 6.42 Å². The second kappa shape index (κ2) is 6.02. The van der Waals surface area contributed by atoms with Gasteiger partial charge in [-0.3, -0.25) is 0 Å². The van der Waals surface area contributed by atoms with Gasteiger partial charge in [0.05, 0.1) is 6.61 Å². The molecule has 3 heteroatoms. The predicted molar refractivity (Wildman–Crippen MR) is 59.7 cm³/mol. The van der Waals surface area contributed by atoms with Crippen molar-refractivity contribution in [2.24, 2.45) is 0 Å². The van der Waals surface area contributed by atoms with Crippen LogP contribution >= 0.6 is 15.9 Å². The van der Waals surface area contributed by atoms with E-state index in [9.17, 15) is 4.39 Å². The number of ether oxygens (including phenoxy) is 1. The van der Waals surface area contributed by atoms with E-state index in [1.807, 2.05) is 13.0 Å². The first kappa shape index (κ1) is 11.5. The van der Waals surface area contributed by atoms with Crippen LogP contribution in [0.15, 0.2) is 18.2 Å². The van der Waals surface area contributed by atoms with Gasteiger partial charge < -0.3 is 4.74 Å². The lowest BCUT2D eigenvalue weighted by Gasteiger charge is -2.06. The van der Waals surface area contributed by atoms with Crippen LogP contribution in [0.4, 0.5) is 4.39 Å². The second-order valence-electron chi connectivity index (χ2n) is 3.02. The summed E-state index contributed by atoms with van der Waals surface area (Å²) >= 11 is 3.35. The second-order valence-corrected chi connectivity index (χ2v) is 3.81. The van der Waals surface area contributed by atoms with Gasteiger partial charge in [0.2, 0.25) is 0 Å². The molecule has 0 bridgehead atoms. The van der Waals surface area contributed by atoms with Crippen LogP contribution < -0.4 is 4.74 Å². The fourth-order valence-electron chi connectivity index (χ4n) is 1.29. The summed E-state index contributed by atoms with van der Waals surface area (Å²) < 4.78 is 18.3. The zero-order chi connectivity index (χ0) is 10.4. The summed E-state index contributed by atoms with van der Waals surface area (Å²) in [7, 11) is 0. The van der Waals surface area contributed by atoms with Gasteiger partial charge in [-0.15, -0.1) is 0 Å². The number of alkyl halides is 1. The molecule has 0 fully saturated rings. The quantitative estimate of drug-likeness (QED) is 0.736. The maximum absolute atomic E-state index is 13.1. The molecule has 0 aliphatic rings. The van der Waals surface area contributed by atoms with E-state index in [0.29, 0.717) is 12.4 Å². The fraction of sp³-hybridized carbons (Fsp3) is 0.455. The number of benzene rings is 1. The molecule has 1 rings (SSSR count). The molecule has 0 saturated carbocycles. The molecule has 78 valence electrons. The van der Waals surface area contributed by atoms with Crippen molar-refractivity contribution >= 4 is 15.9 Å².